The van der Waals surface area contributed by atoms with Gasteiger partial charge < -0.3 is 11.1 Å². The van der Waals surface area contributed by atoms with Crippen molar-refractivity contribution >= 4 is 45.6 Å². The minimum atomic E-state index is -4.39. The van der Waals surface area contributed by atoms with E-state index in [1.807, 2.05) is 0 Å². The molecule has 0 radical (unpaired) electrons. The standard InChI is InChI=1S/C17H14ClF3N6OS/c1-9(25-16(28)27-7-6-23-14(22)13(27)18)12-8-24-15(29-12)26-11-4-2-10(3-5-11)17(19,20)21/h2-9H,1H3,(H3-,22,23,24,25,26,28)/p+1. The normalized spacial score (nSPS) is 12.4. The summed E-state index contributed by atoms with van der Waals surface area (Å²) in [6, 6.07) is 3.72. The summed E-state index contributed by atoms with van der Waals surface area (Å²) in [6.45, 7) is 1.76. The number of carbonyl (C=O) groups is 1. The first-order valence-electron chi connectivity index (χ1n) is 8.17. The molecule has 12 heteroatoms. The van der Waals surface area contributed by atoms with E-state index < -0.39 is 23.8 Å². The molecule has 1 amide bonds. The van der Waals surface area contributed by atoms with Crippen LogP contribution in [0.15, 0.2) is 42.9 Å². The molecule has 0 aliphatic carbocycles. The Hall–Kier alpha value is -2.92. The average molecular weight is 444 g/mol. The van der Waals surface area contributed by atoms with Gasteiger partial charge in [-0.15, -0.1) is 4.57 Å². The molecule has 7 nitrogen and oxygen atoms in total. The summed E-state index contributed by atoms with van der Waals surface area (Å²) in [5, 5.41) is 6.16. The molecule has 0 saturated heterocycles. The molecule has 0 aliphatic heterocycles. The number of nitrogens with one attached hydrogen (secondary N) is 2. The van der Waals surface area contributed by atoms with Crippen molar-refractivity contribution in [2.75, 3.05) is 11.1 Å². The van der Waals surface area contributed by atoms with E-state index in [0.717, 1.165) is 21.6 Å². The Morgan fingerprint density at radius 1 is 1.28 bits per heavy atom. The highest BCUT2D eigenvalue weighted by molar-refractivity contribution is 7.15. The second kappa shape index (κ2) is 8.21. The molecule has 29 heavy (non-hydrogen) atoms. The van der Waals surface area contributed by atoms with Gasteiger partial charge in [0.2, 0.25) is 5.15 Å². The molecule has 0 bridgehead atoms. The number of aromatic nitrogens is 3. The molecule has 4 N–H and O–H groups in total. The van der Waals surface area contributed by atoms with Gasteiger partial charge in [-0.1, -0.05) is 11.3 Å². The van der Waals surface area contributed by atoms with Crippen LogP contribution >= 0.6 is 22.9 Å². The Balaban J connectivity index is 1.66. The van der Waals surface area contributed by atoms with Gasteiger partial charge in [-0.25, -0.2) is 15.3 Å². The van der Waals surface area contributed by atoms with Crippen molar-refractivity contribution in [1.29, 1.82) is 0 Å². The number of rotatable bonds is 4. The average Bonchev–Trinajstić information content (AvgIpc) is 3.12. The highest BCUT2D eigenvalue weighted by Gasteiger charge is 2.30. The minimum Gasteiger partial charge on any atom is -0.379 e. The van der Waals surface area contributed by atoms with Gasteiger partial charge in [0.15, 0.2) is 10.9 Å². The van der Waals surface area contributed by atoms with Crippen molar-refractivity contribution in [1.82, 2.24) is 15.3 Å². The summed E-state index contributed by atoms with van der Waals surface area (Å²) in [4.78, 5) is 21.1. The van der Waals surface area contributed by atoms with Gasteiger partial charge in [-0.3, -0.25) is 0 Å². The van der Waals surface area contributed by atoms with Crippen LogP contribution in [0.25, 0.3) is 0 Å². The number of nitrogens with two attached hydrogens (primary N) is 1. The second-order valence-electron chi connectivity index (χ2n) is 5.91. The predicted octanol–water partition coefficient (Wildman–Crippen LogP) is 4.14. The molecule has 3 aromatic rings. The van der Waals surface area contributed by atoms with Crippen LogP contribution in [0.4, 0.5) is 34.6 Å². The van der Waals surface area contributed by atoms with Crippen LogP contribution in [0.3, 0.4) is 0 Å². The number of benzene rings is 1. The zero-order valence-electron chi connectivity index (χ0n) is 14.9. The lowest BCUT2D eigenvalue weighted by Gasteiger charge is -2.08. The van der Waals surface area contributed by atoms with E-state index in [4.69, 9.17) is 17.3 Å². The first kappa shape index (κ1) is 20.8. The van der Waals surface area contributed by atoms with Crippen molar-refractivity contribution < 1.29 is 22.5 Å². The van der Waals surface area contributed by atoms with E-state index in [1.165, 1.54) is 35.9 Å². The summed E-state index contributed by atoms with van der Waals surface area (Å²) in [7, 11) is 0. The van der Waals surface area contributed by atoms with Gasteiger partial charge in [0.05, 0.1) is 16.6 Å². The van der Waals surface area contributed by atoms with Crippen molar-refractivity contribution in [2.45, 2.75) is 19.1 Å². The maximum atomic E-state index is 12.6. The molecule has 1 atom stereocenters. The van der Waals surface area contributed by atoms with E-state index in [1.54, 1.807) is 13.1 Å². The van der Waals surface area contributed by atoms with E-state index >= 15 is 0 Å². The number of hydrogen-bond donors (Lipinski definition) is 3. The second-order valence-corrected chi connectivity index (χ2v) is 7.33. The zero-order valence-corrected chi connectivity index (χ0v) is 16.4. The summed E-state index contributed by atoms with van der Waals surface area (Å²) in [5.41, 5.74) is 5.32. The Morgan fingerprint density at radius 2 is 1.97 bits per heavy atom. The van der Waals surface area contributed by atoms with Gasteiger partial charge in [-0.2, -0.15) is 18.0 Å². The maximum absolute atomic E-state index is 12.6. The monoisotopic (exact) mass is 443 g/mol. The summed E-state index contributed by atoms with van der Waals surface area (Å²) in [6.07, 6.45) is -0.0919. The molecule has 152 valence electrons. The lowest BCUT2D eigenvalue weighted by atomic mass is 10.2. The van der Waals surface area contributed by atoms with Crippen molar-refractivity contribution in [3.63, 3.8) is 0 Å². The van der Waals surface area contributed by atoms with Crippen LogP contribution in [-0.4, -0.2) is 16.0 Å². The van der Waals surface area contributed by atoms with Crippen molar-refractivity contribution in [3.8, 4) is 0 Å². The predicted molar refractivity (Wildman–Crippen MR) is 103 cm³/mol. The number of nitrogen functional groups attached to an aromatic ring is 1. The number of thiazole rings is 1. The topological polar surface area (TPSA) is 96.8 Å². The van der Waals surface area contributed by atoms with Crippen LogP contribution in [0, 0.1) is 0 Å². The van der Waals surface area contributed by atoms with Gasteiger partial charge in [0, 0.05) is 11.9 Å². The van der Waals surface area contributed by atoms with Crippen LogP contribution in [0.1, 0.15) is 23.4 Å². The Bertz CT molecular complexity index is 1020. The molecule has 3 rings (SSSR count). The van der Waals surface area contributed by atoms with Gasteiger partial charge >= 0.3 is 12.2 Å². The first-order chi connectivity index (χ1) is 13.6. The van der Waals surface area contributed by atoms with Crippen molar-refractivity contribution in [3.05, 3.63) is 58.4 Å². The van der Waals surface area contributed by atoms with E-state index in [0.29, 0.717) is 10.8 Å². The number of alkyl halides is 3. The highest BCUT2D eigenvalue weighted by atomic mass is 35.5. The third kappa shape index (κ3) is 4.93. The maximum Gasteiger partial charge on any atom is 0.497 e. The Morgan fingerprint density at radius 3 is 2.62 bits per heavy atom. The largest absolute Gasteiger partial charge is 0.497 e. The molecule has 1 aromatic carbocycles. The molecular weight excluding hydrogens is 429 g/mol. The smallest absolute Gasteiger partial charge is 0.379 e. The van der Waals surface area contributed by atoms with Crippen LogP contribution in [0.5, 0.6) is 0 Å². The summed E-state index contributed by atoms with van der Waals surface area (Å²) >= 11 is 7.23. The molecule has 2 heterocycles. The van der Waals surface area contributed by atoms with Crippen LogP contribution < -0.4 is 20.9 Å². The minimum absolute atomic E-state index is 0.00818. The third-order valence-electron chi connectivity index (χ3n) is 3.82. The third-order valence-corrected chi connectivity index (χ3v) is 5.30. The molecule has 0 fully saturated rings. The van der Waals surface area contributed by atoms with Crippen LogP contribution in [-0.2, 0) is 6.18 Å². The number of amides is 1. The molecule has 2 aromatic heterocycles. The lowest BCUT2D eigenvalue weighted by Crippen LogP contribution is -2.51. The number of hydrogen-bond acceptors (Lipinski definition) is 6. The number of nitrogens with zero attached hydrogens (tertiary/aromatic N) is 3. The van der Waals surface area contributed by atoms with Gasteiger partial charge in [0.1, 0.15) is 12.2 Å². The summed E-state index contributed by atoms with van der Waals surface area (Å²) in [5.74, 6) is 0.0257. The molecule has 1 unspecified atom stereocenters. The number of halogens is 4. The lowest BCUT2D eigenvalue weighted by molar-refractivity contribution is -0.569. The fraction of sp³-hybridized carbons (Fsp3) is 0.176. The van der Waals surface area contributed by atoms with Crippen LogP contribution in [0.2, 0.25) is 5.15 Å². The Labute approximate surface area is 172 Å². The molecular formula is C17H15ClF3N6OS+. The molecule has 0 saturated carbocycles. The van der Waals surface area contributed by atoms with Crippen molar-refractivity contribution in [2.24, 2.45) is 0 Å². The number of carbonyl (C=O) groups excluding carboxylic acids is 1. The number of anilines is 3. The summed E-state index contributed by atoms with van der Waals surface area (Å²) < 4.78 is 39.0. The SMILES string of the molecule is CC(NC(=O)[n+]1ccnc(N)c1Cl)c1cnc(Nc2ccc(C(F)(F)F)cc2)s1. The first-order valence-corrected chi connectivity index (χ1v) is 9.37. The van der Waals surface area contributed by atoms with E-state index in [2.05, 4.69) is 20.6 Å². The Kier molecular flexibility index (Phi) is 5.89. The van der Waals surface area contributed by atoms with Gasteiger partial charge in [-0.05, 0) is 42.8 Å². The van der Waals surface area contributed by atoms with E-state index in [9.17, 15) is 18.0 Å². The quantitative estimate of drug-likeness (QED) is 0.526. The molecule has 0 aliphatic rings. The highest BCUT2D eigenvalue weighted by Crippen LogP contribution is 2.31. The fourth-order valence-electron chi connectivity index (χ4n) is 2.32. The van der Waals surface area contributed by atoms with E-state index in [-0.39, 0.29) is 11.0 Å². The zero-order chi connectivity index (χ0) is 21.2. The molecule has 0 spiro atoms. The fourth-order valence-corrected chi connectivity index (χ4v) is 3.34. The van der Waals surface area contributed by atoms with Gasteiger partial charge in [0.25, 0.3) is 0 Å².